The second-order valence-corrected chi connectivity index (χ2v) is 6.06. The van der Waals surface area contributed by atoms with Gasteiger partial charge in [0, 0.05) is 31.1 Å². The lowest BCUT2D eigenvalue weighted by Gasteiger charge is -2.02. The molecule has 4 heteroatoms. The number of benzene rings is 2. The summed E-state index contributed by atoms with van der Waals surface area (Å²) in [5, 5.41) is 2.91. The van der Waals surface area contributed by atoms with Crippen LogP contribution in [0.25, 0.3) is 10.1 Å². The molecule has 0 atom stereocenters. The highest BCUT2D eigenvalue weighted by atomic mass is 79.9. The summed E-state index contributed by atoms with van der Waals surface area (Å²) in [6.45, 7) is 0. The Balaban J connectivity index is 2.06. The molecule has 3 rings (SSSR count). The van der Waals surface area contributed by atoms with Gasteiger partial charge in [0.25, 0.3) is 0 Å². The number of fused-ring (bicyclic) bond motifs is 1. The van der Waals surface area contributed by atoms with Gasteiger partial charge in [0.15, 0.2) is 5.78 Å². The molecule has 2 aromatic carbocycles. The van der Waals surface area contributed by atoms with Gasteiger partial charge in [0.1, 0.15) is 5.75 Å². The Morgan fingerprint density at radius 3 is 2.60 bits per heavy atom. The first-order valence-electron chi connectivity index (χ1n) is 6.05. The monoisotopic (exact) mass is 346 g/mol. The maximum absolute atomic E-state index is 12.6. The Bertz CT molecular complexity index is 775. The quantitative estimate of drug-likeness (QED) is 0.630. The van der Waals surface area contributed by atoms with Crippen LogP contribution < -0.4 is 4.74 Å². The van der Waals surface area contributed by atoms with Crippen molar-refractivity contribution < 1.29 is 9.53 Å². The van der Waals surface area contributed by atoms with E-state index < -0.39 is 0 Å². The van der Waals surface area contributed by atoms with E-state index in [4.69, 9.17) is 4.74 Å². The smallest absolute Gasteiger partial charge is 0.194 e. The fourth-order valence-electron chi connectivity index (χ4n) is 2.10. The van der Waals surface area contributed by atoms with E-state index in [1.54, 1.807) is 42.7 Å². The van der Waals surface area contributed by atoms with Crippen molar-refractivity contribution in [2.75, 3.05) is 7.11 Å². The van der Waals surface area contributed by atoms with Gasteiger partial charge in [-0.05, 0) is 46.3 Å². The molecule has 0 bridgehead atoms. The van der Waals surface area contributed by atoms with Crippen molar-refractivity contribution >= 4 is 43.1 Å². The second kappa shape index (κ2) is 5.38. The Morgan fingerprint density at radius 1 is 1.15 bits per heavy atom. The standard InChI is InChI=1S/C16H11BrO2S/c1-19-11-7-5-10(6-8-11)15(18)13-9-20-16-12(13)3-2-4-14(16)17/h2-9H,1H3. The molecule has 0 aliphatic rings. The molecule has 0 fully saturated rings. The van der Waals surface area contributed by atoms with Crippen LogP contribution in [0.4, 0.5) is 0 Å². The van der Waals surface area contributed by atoms with Gasteiger partial charge in [-0.3, -0.25) is 4.79 Å². The molecule has 0 aliphatic carbocycles. The van der Waals surface area contributed by atoms with Crippen molar-refractivity contribution in [1.29, 1.82) is 0 Å². The van der Waals surface area contributed by atoms with Crippen LogP contribution in [0.1, 0.15) is 15.9 Å². The highest BCUT2D eigenvalue weighted by Crippen LogP contribution is 2.33. The molecule has 0 spiro atoms. The summed E-state index contributed by atoms with van der Waals surface area (Å²) in [5.74, 6) is 0.788. The predicted octanol–water partition coefficient (Wildman–Crippen LogP) is 4.90. The normalized spacial score (nSPS) is 10.7. The Labute approximate surface area is 129 Å². The molecule has 0 radical (unpaired) electrons. The first kappa shape index (κ1) is 13.3. The van der Waals surface area contributed by atoms with Crippen molar-refractivity contribution in [2.24, 2.45) is 0 Å². The van der Waals surface area contributed by atoms with Gasteiger partial charge in [-0.1, -0.05) is 12.1 Å². The summed E-state index contributed by atoms with van der Waals surface area (Å²) >= 11 is 5.10. The molecule has 100 valence electrons. The summed E-state index contributed by atoms with van der Waals surface area (Å²) in [5.41, 5.74) is 1.42. The summed E-state index contributed by atoms with van der Waals surface area (Å²) in [6.07, 6.45) is 0. The lowest BCUT2D eigenvalue weighted by atomic mass is 10.0. The van der Waals surface area contributed by atoms with Gasteiger partial charge >= 0.3 is 0 Å². The molecule has 20 heavy (non-hydrogen) atoms. The van der Waals surface area contributed by atoms with E-state index >= 15 is 0 Å². The average molecular weight is 347 g/mol. The van der Waals surface area contributed by atoms with E-state index in [0.717, 1.165) is 25.9 Å². The Hall–Kier alpha value is -1.65. The average Bonchev–Trinajstić information content (AvgIpc) is 2.92. The van der Waals surface area contributed by atoms with E-state index in [0.29, 0.717) is 5.56 Å². The third kappa shape index (κ3) is 2.25. The van der Waals surface area contributed by atoms with E-state index in [2.05, 4.69) is 15.9 Å². The third-order valence-corrected chi connectivity index (χ3v) is 5.10. The number of thiophene rings is 1. The predicted molar refractivity (Wildman–Crippen MR) is 86.0 cm³/mol. The SMILES string of the molecule is COc1ccc(C(=O)c2csc3c(Br)cccc23)cc1. The lowest BCUT2D eigenvalue weighted by molar-refractivity contribution is 0.104. The maximum Gasteiger partial charge on any atom is 0.194 e. The number of hydrogen-bond donors (Lipinski definition) is 0. The zero-order valence-corrected chi connectivity index (χ0v) is 13.1. The molecule has 0 saturated carbocycles. The first-order valence-corrected chi connectivity index (χ1v) is 7.72. The van der Waals surface area contributed by atoms with E-state index in [-0.39, 0.29) is 5.78 Å². The van der Waals surface area contributed by atoms with E-state index in [1.807, 2.05) is 23.6 Å². The number of carbonyl (C=O) groups excluding carboxylic acids is 1. The molecule has 0 saturated heterocycles. The molecule has 1 aromatic heterocycles. The number of ether oxygens (including phenoxy) is 1. The van der Waals surface area contributed by atoms with Crippen LogP contribution in [0.2, 0.25) is 0 Å². The highest BCUT2D eigenvalue weighted by molar-refractivity contribution is 9.10. The molecule has 2 nitrogen and oxygen atoms in total. The van der Waals surface area contributed by atoms with Crippen LogP contribution in [0, 0.1) is 0 Å². The number of halogens is 1. The minimum atomic E-state index is 0.0389. The minimum absolute atomic E-state index is 0.0389. The number of hydrogen-bond acceptors (Lipinski definition) is 3. The molecule has 3 aromatic rings. The van der Waals surface area contributed by atoms with Crippen LogP contribution in [-0.2, 0) is 0 Å². The summed E-state index contributed by atoms with van der Waals surface area (Å²) < 4.78 is 7.23. The van der Waals surface area contributed by atoms with Crippen LogP contribution in [0.5, 0.6) is 5.75 Å². The maximum atomic E-state index is 12.6. The van der Waals surface area contributed by atoms with E-state index in [9.17, 15) is 4.79 Å². The van der Waals surface area contributed by atoms with Gasteiger partial charge in [0.05, 0.1) is 7.11 Å². The van der Waals surface area contributed by atoms with Gasteiger partial charge in [-0.15, -0.1) is 11.3 Å². The largest absolute Gasteiger partial charge is 0.497 e. The van der Waals surface area contributed by atoms with Gasteiger partial charge < -0.3 is 4.74 Å². The first-order chi connectivity index (χ1) is 9.70. The Kier molecular flexibility index (Phi) is 3.59. The zero-order valence-electron chi connectivity index (χ0n) is 10.7. The molecule has 0 N–H and O–H groups in total. The van der Waals surface area contributed by atoms with Crippen molar-refractivity contribution in [1.82, 2.24) is 0 Å². The molecular formula is C16H11BrO2S. The fraction of sp³-hybridized carbons (Fsp3) is 0.0625. The number of methoxy groups -OCH3 is 1. The van der Waals surface area contributed by atoms with Crippen LogP contribution in [0.3, 0.4) is 0 Å². The molecule has 0 amide bonds. The third-order valence-electron chi connectivity index (χ3n) is 3.15. The topological polar surface area (TPSA) is 26.3 Å². The lowest BCUT2D eigenvalue weighted by Crippen LogP contribution is -2.00. The van der Waals surface area contributed by atoms with Crippen LogP contribution in [0.15, 0.2) is 52.3 Å². The van der Waals surface area contributed by atoms with Crippen molar-refractivity contribution in [2.45, 2.75) is 0 Å². The second-order valence-electron chi connectivity index (χ2n) is 4.32. The van der Waals surface area contributed by atoms with Crippen LogP contribution in [-0.4, -0.2) is 12.9 Å². The highest BCUT2D eigenvalue weighted by Gasteiger charge is 2.15. The zero-order chi connectivity index (χ0) is 14.1. The molecule has 0 aliphatic heterocycles. The Morgan fingerprint density at radius 2 is 1.90 bits per heavy atom. The summed E-state index contributed by atoms with van der Waals surface area (Å²) in [4.78, 5) is 12.6. The van der Waals surface area contributed by atoms with Gasteiger partial charge in [-0.25, -0.2) is 0 Å². The molecule has 0 unspecified atom stereocenters. The van der Waals surface area contributed by atoms with E-state index in [1.165, 1.54) is 0 Å². The number of carbonyl (C=O) groups is 1. The minimum Gasteiger partial charge on any atom is -0.497 e. The summed E-state index contributed by atoms with van der Waals surface area (Å²) in [7, 11) is 1.61. The van der Waals surface area contributed by atoms with Crippen molar-refractivity contribution in [3.63, 3.8) is 0 Å². The molecular weight excluding hydrogens is 336 g/mol. The number of rotatable bonds is 3. The van der Waals surface area contributed by atoms with Crippen LogP contribution >= 0.6 is 27.3 Å². The van der Waals surface area contributed by atoms with Gasteiger partial charge in [0.2, 0.25) is 0 Å². The van der Waals surface area contributed by atoms with Crippen molar-refractivity contribution in [3.8, 4) is 5.75 Å². The number of ketones is 1. The fourth-order valence-corrected chi connectivity index (χ4v) is 3.70. The van der Waals surface area contributed by atoms with Crippen molar-refractivity contribution in [3.05, 3.63) is 63.4 Å². The van der Waals surface area contributed by atoms with Gasteiger partial charge in [-0.2, -0.15) is 0 Å². The molecule has 1 heterocycles. The summed E-state index contributed by atoms with van der Waals surface area (Å²) in [6, 6.07) is 13.1.